The molecule has 1 aliphatic heterocycles. The minimum atomic E-state index is 0.0385. The fraction of sp³-hybridized carbons (Fsp3) is 0.333. The van der Waals surface area contributed by atoms with Gasteiger partial charge in [0, 0.05) is 36.7 Å². The first-order chi connectivity index (χ1) is 12.7. The van der Waals surface area contributed by atoms with E-state index < -0.39 is 0 Å². The number of imidazole rings is 1. The normalized spacial score (nSPS) is 16.9. The maximum Gasteiger partial charge on any atom is 0.224 e. The minimum Gasteiger partial charge on any atom is -0.378 e. The third-order valence-corrected chi connectivity index (χ3v) is 4.86. The lowest BCUT2D eigenvalue weighted by atomic mass is 10.1. The summed E-state index contributed by atoms with van der Waals surface area (Å²) in [4.78, 5) is 16.8. The van der Waals surface area contributed by atoms with Crippen molar-refractivity contribution in [3.63, 3.8) is 0 Å². The lowest BCUT2D eigenvalue weighted by Crippen LogP contribution is -2.15. The van der Waals surface area contributed by atoms with E-state index in [2.05, 4.69) is 18.3 Å². The molecule has 4 rings (SSSR count). The molecule has 1 aromatic carbocycles. The second kappa shape index (κ2) is 7.30. The number of carbonyl (C=O) groups excluding carboxylic acids is 1. The van der Waals surface area contributed by atoms with E-state index in [4.69, 9.17) is 9.72 Å². The van der Waals surface area contributed by atoms with Crippen LogP contribution in [0.3, 0.4) is 0 Å². The highest BCUT2D eigenvalue weighted by molar-refractivity contribution is 5.91. The van der Waals surface area contributed by atoms with Crippen LogP contribution in [0, 0.1) is 6.92 Å². The Bertz CT molecular complexity index is 909. The second-order valence-electron chi connectivity index (χ2n) is 6.85. The maximum atomic E-state index is 12.1. The Balaban J connectivity index is 1.41. The van der Waals surface area contributed by atoms with Crippen molar-refractivity contribution in [3.05, 3.63) is 54.4 Å². The molecular weight excluding hydrogens is 326 g/mol. The summed E-state index contributed by atoms with van der Waals surface area (Å²) >= 11 is 0. The molecule has 3 heterocycles. The Morgan fingerprint density at radius 1 is 1.31 bits per heavy atom. The van der Waals surface area contributed by atoms with E-state index in [0.717, 1.165) is 54.0 Å². The molecule has 0 aliphatic carbocycles. The van der Waals surface area contributed by atoms with Crippen LogP contribution < -0.4 is 5.32 Å². The van der Waals surface area contributed by atoms with Gasteiger partial charge in [-0.15, -0.1) is 0 Å². The van der Waals surface area contributed by atoms with Gasteiger partial charge in [-0.1, -0.05) is 18.2 Å². The van der Waals surface area contributed by atoms with Gasteiger partial charge in [0.05, 0.1) is 11.8 Å². The summed E-state index contributed by atoms with van der Waals surface area (Å²) in [5, 5.41) is 2.96. The molecule has 1 saturated heterocycles. The average molecular weight is 349 g/mol. The molecule has 26 heavy (non-hydrogen) atoms. The van der Waals surface area contributed by atoms with Crippen LogP contribution in [0.4, 0.5) is 5.69 Å². The minimum absolute atomic E-state index is 0.0385. The molecule has 0 saturated carbocycles. The lowest BCUT2D eigenvalue weighted by Gasteiger charge is -2.09. The van der Waals surface area contributed by atoms with Crippen LogP contribution >= 0.6 is 0 Å². The Morgan fingerprint density at radius 3 is 2.88 bits per heavy atom. The fourth-order valence-electron chi connectivity index (χ4n) is 3.40. The summed E-state index contributed by atoms with van der Waals surface area (Å²) in [7, 11) is 0. The van der Waals surface area contributed by atoms with Crippen LogP contribution in [0.5, 0.6) is 0 Å². The van der Waals surface area contributed by atoms with Crippen LogP contribution in [-0.2, 0) is 9.53 Å². The number of rotatable bonds is 5. The zero-order valence-corrected chi connectivity index (χ0v) is 14.9. The quantitative estimate of drug-likeness (QED) is 0.751. The highest BCUT2D eigenvalue weighted by Crippen LogP contribution is 2.23. The predicted molar refractivity (Wildman–Crippen MR) is 102 cm³/mol. The average Bonchev–Trinajstić information content (AvgIpc) is 3.31. The zero-order chi connectivity index (χ0) is 17.9. The molecule has 0 spiro atoms. The van der Waals surface area contributed by atoms with Gasteiger partial charge in [0.25, 0.3) is 0 Å². The van der Waals surface area contributed by atoms with Crippen LogP contribution in [-0.4, -0.2) is 28.0 Å². The number of carbonyl (C=O) groups is 1. The number of aryl methyl sites for hydroxylation is 1. The van der Waals surface area contributed by atoms with Crippen molar-refractivity contribution in [1.82, 2.24) is 9.38 Å². The van der Waals surface area contributed by atoms with E-state index in [-0.39, 0.29) is 12.0 Å². The molecule has 1 unspecified atom stereocenters. The van der Waals surface area contributed by atoms with E-state index in [9.17, 15) is 4.79 Å². The van der Waals surface area contributed by atoms with Gasteiger partial charge < -0.3 is 14.5 Å². The molecule has 2 aromatic heterocycles. The highest BCUT2D eigenvalue weighted by atomic mass is 16.5. The van der Waals surface area contributed by atoms with E-state index in [1.54, 1.807) is 0 Å². The standard InChI is InChI=1S/C21H23N3O2/c1-15-4-2-12-24-14-19(23-21(15)24)16-6-8-17(9-7-16)22-20(25)11-10-18-5-3-13-26-18/h2,4,6-9,12,14,18H,3,5,10-11,13H2,1H3,(H,22,25). The fourth-order valence-corrected chi connectivity index (χ4v) is 3.40. The van der Waals surface area contributed by atoms with Crippen LogP contribution in [0.15, 0.2) is 48.8 Å². The number of pyridine rings is 1. The molecule has 1 N–H and O–H groups in total. The number of aromatic nitrogens is 2. The molecule has 134 valence electrons. The van der Waals surface area contributed by atoms with E-state index in [0.29, 0.717) is 6.42 Å². The Kier molecular flexibility index (Phi) is 4.71. The van der Waals surface area contributed by atoms with Gasteiger partial charge in [0.2, 0.25) is 5.91 Å². The Hall–Kier alpha value is -2.66. The number of benzene rings is 1. The van der Waals surface area contributed by atoms with Crippen LogP contribution in [0.25, 0.3) is 16.9 Å². The number of hydrogen-bond donors (Lipinski definition) is 1. The topological polar surface area (TPSA) is 55.6 Å². The number of nitrogens with one attached hydrogen (secondary N) is 1. The number of amides is 1. The summed E-state index contributed by atoms with van der Waals surface area (Å²) in [6, 6.07) is 11.9. The van der Waals surface area contributed by atoms with Gasteiger partial charge in [-0.25, -0.2) is 4.98 Å². The molecule has 1 amide bonds. The monoisotopic (exact) mass is 349 g/mol. The number of anilines is 1. The first kappa shape index (κ1) is 16.8. The van der Waals surface area contributed by atoms with Crippen molar-refractivity contribution in [2.75, 3.05) is 11.9 Å². The zero-order valence-electron chi connectivity index (χ0n) is 14.9. The predicted octanol–water partition coefficient (Wildman–Crippen LogP) is 4.21. The molecule has 5 heteroatoms. The SMILES string of the molecule is Cc1cccn2cc(-c3ccc(NC(=O)CCC4CCCO4)cc3)nc12. The van der Waals surface area contributed by atoms with Gasteiger partial charge in [-0.3, -0.25) is 4.79 Å². The summed E-state index contributed by atoms with van der Waals surface area (Å²) in [5.74, 6) is 0.0385. The Morgan fingerprint density at radius 2 is 2.15 bits per heavy atom. The molecule has 0 radical (unpaired) electrons. The molecule has 1 fully saturated rings. The van der Waals surface area contributed by atoms with Crippen molar-refractivity contribution in [2.45, 2.75) is 38.7 Å². The van der Waals surface area contributed by atoms with Crippen LogP contribution in [0.2, 0.25) is 0 Å². The lowest BCUT2D eigenvalue weighted by molar-refractivity contribution is -0.116. The molecule has 5 nitrogen and oxygen atoms in total. The van der Waals surface area contributed by atoms with Crippen molar-refractivity contribution in [1.29, 1.82) is 0 Å². The third-order valence-electron chi connectivity index (χ3n) is 4.86. The molecule has 0 bridgehead atoms. The largest absolute Gasteiger partial charge is 0.378 e. The van der Waals surface area contributed by atoms with Gasteiger partial charge >= 0.3 is 0 Å². The summed E-state index contributed by atoms with van der Waals surface area (Å²) in [6.45, 7) is 2.89. The Labute approximate surface area is 153 Å². The highest BCUT2D eigenvalue weighted by Gasteiger charge is 2.16. The smallest absolute Gasteiger partial charge is 0.224 e. The molecular formula is C21H23N3O2. The van der Waals surface area contributed by atoms with Gasteiger partial charge in [0.1, 0.15) is 5.65 Å². The molecule has 1 atom stereocenters. The summed E-state index contributed by atoms with van der Waals surface area (Å²) < 4.78 is 7.60. The van der Waals surface area contributed by atoms with Crippen molar-refractivity contribution in [3.8, 4) is 11.3 Å². The van der Waals surface area contributed by atoms with E-state index >= 15 is 0 Å². The van der Waals surface area contributed by atoms with Gasteiger partial charge in [-0.05, 0) is 49.9 Å². The van der Waals surface area contributed by atoms with E-state index in [1.165, 1.54) is 0 Å². The summed E-state index contributed by atoms with van der Waals surface area (Å²) in [6.07, 6.45) is 7.75. The van der Waals surface area contributed by atoms with Crippen molar-refractivity contribution in [2.24, 2.45) is 0 Å². The van der Waals surface area contributed by atoms with Crippen LogP contribution in [0.1, 0.15) is 31.2 Å². The van der Waals surface area contributed by atoms with E-state index in [1.807, 2.05) is 47.1 Å². The first-order valence-electron chi connectivity index (χ1n) is 9.15. The summed E-state index contributed by atoms with van der Waals surface area (Å²) in [5.41, 5.74) is 4.88. The molecule has 3 aromatic rings. The van der Waals surface area contributed by atoms with Crippen molar-refractivity contribution >= 4 is 17.2 Å². The first-order valence-corrected chi connectivity index (χ1v) is 9.15. The number of fused-ring (bicyclic) bond motifs is 1. The van der Waals surface area contributed by atoms with Crippen molar-refractivity contribution < 1.29 is 9.53 Å². The van der Waals surface area contributed by atoms with Gasteiger partial charge in [0.15, 0.2) is 0 Å². The number of nitrogens with zero attached hydrogens (tertiary/aromatic N) is 2. The number of hydrogen-bond acceptors (Lipinski definition) is 3. The number of ether oxygens (including phenoxy) is 1. The maximum absolute atomic E-state index is 12.1. The second-order valence-corrected chi connectivity index (χ2v) is 6.85. The van der Waals surface area contributed by atoms with Gasteiger partial charge in [-0.2, -0.15) is 0 Å². The molecule has 1 aliphatic rings. The third kappa shape index (κ3) is 3.63.